The monoisotopic (exact) mass is 1020 g/mol. The summed E-state index contributed by atoms with van der Waals surface area (Å²) >= 11 is 0. The van der Waals surface area contributed by atoms with Gasteiger partial charge >= 0.3 is 0 Å². The van der Waals surface area contributed by atoms with E-state index in [0.717, 1.165) is 87.8 Å². The highest BCUT2D eigenvalue weighted by atomic mass is 14.5. The van der Waals surface area contributed by atoms with E-state index in [1.54, 1.807) is 0 Å². The summed E-state index contributed by atoms with van der Waals surface area (Å²) in [6, 6.07) is 0. The molecule has 7 aliphatic rings. The van der Waals surface area contributed by atoms with Gasteiger partial charge < -0.3 is 0 Å². The van der Waals surface area contributed by atoms with E-state index in [1.165, 1.54) is 135 Å². The first-order valence-electron chi connectivity index (χ1n) is 32.8. The van der Waals surface area contributed by atoms with Gasteiger partial charge in [-0.2, -0.15) is 0 Å². The summed E-state index contributed by atoms with van der Waals surface area (Å²) in [5, 5.41) is 0. The van der Waals surface area contributed by atoms with E-state index >= 15 is 0 Å². The van der Waals surface area contributed by atoms with Crippen molar-refractivity contribution in [3.05, 3.63) is 0 Å². The molecule has 7 rings (SSSR count). The third-order valence-electron chi connectivity index (χ3n) is 18.7. The second-order valence-electron chi connectivity index (χ2n) is 30.6. The van der Waals surface area contributed by atoms with Gasteiger partial charge in [0.05, 0.1) is 0 Å². The molecule has 0 bridgehead atoms. The summed E-state index contributed by atoms with van der Waals surface area (Å²) in [5.41, 5.74) is 3.38. The maximum Gasteiger partial charge on any atom is -0.0326 e. The van der Waals surface area contributed by atoms with Gasteiger partial charge in [0, 0.05) is 0 Å². The molecule has 0 aromatic rings. The van der Waals surface area contributed by atoms with Crippen LogP contribution in [0.4, 0.5) is 0 Å². The van der Waals surface area contributed by atoms with Crippen LogP contribution in [0.3, 0.4) is 0 Å². The molecular weight excluding hydrogens is 865 g/mol. The highest BCUT2D eigenvalue weighted by Crippen LogP contribution is 2.51. The summed E-state index contributed by atoms with van der Waals surface area (Å²) in [5.74, 6) is 13.0. The molecule has 1 unspecified atom stereocenters. The predicted molar refractivity (Wildman–Crippen MR) is 342 cm³/mol. The van der Waals surface area contributed by atoms with Crippen molar-refractivity contribution >= 4 is 0 Å². The lowest BCUT2D eigenvalue weighted by Crippen LogP contribution is -2.00. The topological polar surface area (TPSA) is 0 Å². The fraction of sp³-hybridized carbons (Fsp3) is 1.00. The molecule has 0 N–H and O–H groups in total. The third-order valence-corrected chi connectivity index (χ3v) is 18.7. The molecule has 0 nitrogen and oxygen atoms in total. The zero-order valence-electron chi connectivity index (χ0n) is 57.9. The van der Waals surface area contributed by atoms with E-state index in [4.69, 9.17) is 0 Å². The molecule has 0 spiro atoms. The smallest absolute Gasteiger partial charge is 0.0326 e. The average Bonchev–Trinajstić information content (AvgIpc) is 4.09. The normalized spacial score (nSPS) is 24.2. The predicted octanol–water partition coefficient (Wildman–Crippen LogP) is 26.7. The Morgan fingerprint density at radius 1 is 0.500 bits per heavy atom. The lowest BCUT2D eigenvalue weighted by Gasteiger charge is -2.12. The molecule has 72 heavy (non-hydrogen) atoms. The summed E-state index contributed by atoms with van der Waals surface area (Å²) in [6.45, 7) is 74.9. The molecule has 0 aromatic heterocycles. The lowest BCUT2D eigenvalue weighted by atomic mass is 9.94. The molecule has 0 aliphatic heterocycles. The van der Waals surface area contributed by atoms with Crippen molar-refractivity contribution in [2.75, 3.05) is 0 Å². The summed E-state index contributed by atoms with van der Waals surface area (Å²) in [6.07, 6.45) is 29.8. The molecule has 7 saturated carbocycles. The molecule has 0 heterocycles. The lowest BCUT2D eigenvalue weighted by molar-refractivity contribution is 0.397. The van der Waals surface area contributed by atoms with E-state index in [9.17, 15) is 0 Å². The van der Waals surface area contributed by atoms with E-state index in [2.05, 4.69) is 228 Å². The third kappa shape index (κ3) is 62.5. The van der Waals surface area contributed by atoms with E-state index in [0.29, 0.717) is 16.2 Å². The van der Waals surface area contributed by atoms with Crippen LogP contribution in [0, 0.1) is 104 Å². The summed E-state index contributed by atoms with van der Waals surface area (Å²) in [7, 11) is 0. The molecule has 0 radical (unpaired) electrons. The van der Waals surface area contributed by atoms with Crippen LogP contribution >= 0.6 is 0 Å². The fourth-order valence-corrected chi connectivity index (χ4v) is 6.19. The van der Waals surface area contributed by atoms with Crippen molar-refractivity contribution in [3.63, 3.8) is 0 Å². The Morgan fingerprint density at radius 2 is 0.806 bits per heavy atom. The van der Waals surface area contributed by atoms with E-state index in [-0.39, 0.29) is 0 Å². The molecule has 0 amide bonds. The van der Waals surface area contributed by atoms with Crippen LogP contribution in [-0.2, 0) is 0 Å². The molecule has 0 heteroatoms. The van der Waals surface area contributed by atoms with Crippen LogP contribution in [-0.4, -0.2) is 0 Å². The van der Waals surface area contributed by atoms with Gasteiger partial charge in [-0.05, 0) is 155 Å². The van der Waals surface area contributed by atoms with Gasteiger partial charge in [-0.25, -0.2) is 0 Å². The number of hydrogen-bond acceptors (Lipinski definition) is 0. The first-order chi connectivity index (χ1) is 32.8. The molecule has 442 valence electrons. The Hall–Kier alpha value is 0. The maximum atomic E-state index is 2.35. The van der Waals surface area contributed by atoms with Crippen LogP contribution in [0.1, 0.15) is 363 Å². The van der Waals surface area contributed by atoms with Crippen molar-refractivity contribution in [2.24, 2.45) is 104 Å². The minimum Gasteiger partial charge on any atom is -0.0654 e. The van der Waals surface area contributed by atoms with Crippen LogP contribution in [0.15, 0.2) is 0 Å². The fourth-order valence-electron chi connectivity index (χ4n) is 6.19. The van der Waals surface area contributed by atoms with Gasteiger partial charge in [0.15, 0.2) is 0 Å². The highest BCUT2D eigenvalue weighted by Gasteiger charge is 2.41. The summed E-state index contributed by atoms with van der Waals surface area (Å²) < 4.78 is 0. The Balaban J connectivity index is -0.000000227. The van der Waals surface area contributed by atoms with Crippen LogP contribution in [0.2, 0.25) is 0 Å². The number of rotatable bonds is 11. The standard InChI is InChI=1S/7C6H12.5C6H14/c1-5-4-6(5,2)3;1-5(2)6-3-4-6;1-4-5(2)6(4)3;2*1-3-6(2)4-5-6;1-3-6-4-5(6)2;1-2-3-6-4-5-6;2*1-5-6(2,3)4;1-5(2)6(3)4;1-4-5-6(2)3;1-4-6(3)5-2/h5H,4H2,1-3H3;5-6H,3-4H2,1-2H3;4-6H,1-3H3;2*3-5H2,1-2H3;5-6H,3-4H2,1-2H3;6H,2-5H2,1H3;2*5H2,1-4H3;5-6H,1-4H3;2*6H,4-5H2,1-3H3/t5-;;;;;5-,6?;;;;;;/m0....0....../s1. The molecule has 0 saturated heterocycles. The highest BCUT2D eigenvalue weighted by molar-refractivity contribution is 4.91. The van der Waals surface area contributed by atoms with Gasteiger partial charge in [-0.15, -0.1) is 0 Å². The van der Waals surface area contributed by atoms with Crippen molar-refractivity contribution in [1.29, 1.82) is 0 Å². The molecule has 0 aromatic carbocycles. The molecule has 7 fully saturated rings. The van der Waals surface area contributed by atoms with Crippen LogP contribution < -0.4 is 0 Å². The van der Waals surface area contributed by atoms with Gasteiger partial charge in [-0.1, -0.05) is 312 Å². The minimum absolute atomic E-state index is 0.542. The second kappa shape index (κ2) is 43.0. The Labute approximate surface area is 465 Å². The van der Waals surface area contributed by atoms with E-state index < -0.39 is 0 Å². The van der Waals surface area contributed by atoms with Gasteiger partial charge in [-0.3, -0.25) is 0 Å². The van der Waals surface area contributed by atoms with Crippen molar-refractivity contribution in [3.8, 4) is 0 Å². The zero-order chi connectivity index (χ0) is 57.9. The zero-order valence-corrected chi connectivity index (χ0v) is 57.9. The quantitative estimate of drug-likeness (QED) is 0.193. The number of hydrogen-bond donors (Lipinski definition) is 0. The van der Waals surface area contributed by atoms with Gasteiger partial charge in [0.2, 0.25) is 0 Å². The second-order valence-corrected chi connectivity index (χ2v) is 30.6. The Bertz CT molecular complexity index is 1000. The van der Waals surface area contributed by atoms with Crippen LogP contribution in [0.5, 0.6) is 0 Å². The first-order valence-corrected chi connectivity index (χ1v) is 32.8. The largest absolute Gasteiger partial charge is 0.0654 e. The van der Waals surface area contributed by atoms with Crippen LogP contribution in [0.25, 0.3) is 0 Å². The summed E-state index contributed by atoms with van der Waals surface area (Å²) in [4.78, 5) is 0. The molecule has 3 atom stereocenters. The van der Waals surface area contributed by atoms with E-state index in [1.807, 2.05) is 0 Å². The van der Waals surface area contributed by atoms with Crippen molar-refractivity contribution < 1.29 is 0 Å². The van der Waals surface area contributed by atoms with Gasteiger partial charge in [0.1, 0.15) is 0 Å². The van der Waals surface area contributed by atoms with Crippen molar-refractivity contribution in [2.45, 2.75) is 363 Å². The Kier molecular flexibility index (Phi) is 48.2. The minimum atomic E-state index is 0.542. The molecular formula is C72H154. The Morgan fingerprint density at radius 3 is 0.819 bits per heavy atom. The average molecular weight is 1020 g/mol. The first kappa shape index (κ1) is 80.9. The SMILES string of the molecule is CC(C)C(C)C.CC(C)C1CC1.CC1C(C)C1C.CCC(C)(C)C.CCC(C)(C)C.CCC(C)CC.CCC1(C)CC1.CCC1(C)CC1.CCC1C[C@@H]1C.CCCC(C)C.CCCC1CC1.C[C@H]1CC1(C)C. The van der Waals surface area contributed by atoms with Crippen molar-refractivity contribution in [1.82, 2.24) is 0 Å². The maximum absolute atomic E-state index is 2.35. The van der Waals surface area contributed by atoms with Gasteiger partial charge in [0.25, 0.3) is 0 Å². The molecule has 7 aliphatic carbocycles.